The highest BCUT2D eigenvalue weighted by Gasteiger charge is 2.45. The molecular weight excluding hydrogens is 320 g/mol. The molecule has 2 aliphatic rings. The van der Waals surface area contributed by atoms with E-state index in [-0.39, 0.29) is 24.7 Å². The zero-order valence-corrected chi connectivity index (χ0v) is 14.1. The van der Waals surface area contributed by atoms with Crippen molar-refractivity contribution in [2.45, 2.75) is 38.1 Å². The summed E-state index contributed by atoms with van der Waals surface area (Å²) in [6, 6.07) is -0.554. The van der Waals surface area contributed by atoms with Gasteiger partial charge in [-0.15, -0.1) is 0 Å². The molecule has 6 nitrogen and oxygen atoms in total. The summed E-state index contributed by atoms with van der Waals surface area (Å²) >= 11 is 0. The van der Waals surface area contributed by atoms with E-state index in [1.165, 1.54) is 23.1 Å². The van der Waals surface area contributed by atoms with Gasteiger partial charge in [-0.3, -0.25) is 29.4 Å². The molecule has 2 rings (SSSR count). The number of allylic oxidation sites excluding steroid dienone is 4. The van der Waals surface area contributed by atoms with Gasteiger partial charge in [0.25, 0.3) is 5.91 Å². The van der Waals surface area contributed by atoms with Crippen LogP contribution in [0.3, 0.4) is 0 Å². The fourth-order valence-electron chi connectivity index (χ4n) is 3.15. The minimum atomic E-state index is -0.708. The van der Waals surface area contributed by atoms with E-state index in [0.29, 0.717) is 24.8 Å². The van der Waals surface area contributed by atoms with Crippen LogP contribution in [-0.2, 0) is 19.2 Å². The molecule has 25 heavy (non-hydrogen) atoms. The molecule has 0 spiro atoms. The minimum absolute atomic E-state index is 0.0670. The number of carbonyl (C=O) groups is 4. The van der Waals surface area contributed by atoms with Gasteiger partial charge in [0.05, 0.1) is 5.92 Å². The Hall–Kier alpha value is -2.76. The molecular formula is C19H22N2O4. The number of amides is 4. The fraction of sp³-hybridized carbons (Fsp3) is 0.368. The van der Waals surface area contributed by atoms with Gasteiger partial charge in [0, 0.05) is 24.5 Å². The van der Waals surface area contributed by atoms with E-state index >= 15 is 0 Å². The molecule has 0 aromatic heterocycles. The van der Waals surface area contributed by atoms with Crippen LogP contribution in [0.1, 0.15) is 32.1 Å². The molecule has 2 fully saturated rings. The van der Waals surface area contributed by atoms with Crippen LogP contribution in [0.5, 0.6) is 0 Å². The SMILES string of the molecule is C=CC=C[C@H]1C(=O)N([C@@H]2CCCCC(=O)NC(=O)C2)C(=O)/C1=C/C=C. The molecule has 0 aromatic rings. The highest BCUT2D eigenvalue weighted by molar-refractivity contribution is 6.16. The monoisotopic (exact) mass is 342 g/mol. The van der Waals surface area contributed by atoms with Crippen molar-refractivity contribution >= 4 is 23.6 Å². The summed E-state index contributed by atoms with van der Waals surface area (Å²) in [5.74, 6) is -2.26. The van der Waals surface area contributed by atoms with Crippen LogP contribution in [-0.4, -0.2) is 34.6 Å². The number of hydrogen-bond acceptors (Lipinski definition) is 4. The van der Waals surface area contributed by atoms with E-state index in [9.17, 15) is 19.2 Å². The Bertz CT molecular complexity index is 675. The molecule has 0 aliphatic carbocycles. The molecule has 2 heterocycles. The van der Waals surface area contributed by atoms with Crippen molar-refractivity contribution in [2.24, 2.45) is 5.92 Å². The van der Waals surface area contributed by atoms with Crippen molar-refractivity contribution in [3.8, 4) is 0 Å². The molecule has 2 saturated heterocycles. The van der Waals surface area contributed by atoms with Crippen molar-refractivity contribution in [1.29, 1.82) is 0 Å². The van der Waals surface area contributed by atoms with Crippen molar-refractivity contribution in [3.05, 3.63) is 49.1 Å². The molecule has 0 aromatic carbocycles. The summed E-state index contributed by atoms with van der Waals surface area (Å²) < 4.78 is 0. The molecule has 0 radical (unpaired) electrons. The van der Waals surface area contributed by atoms with Gasteiger partial charge in [-0.25, -0.2) is 0 Å². The van der Waals surface area contributed by atoms with E-state index in [4.69, 9.17) is 0 Å². The van der Waals surface area contributed by atoms with Crippen molar-refractivity contribution in [2.75, 3.05) is 0 Å². The third kappa shape index (κ3) is 4.21. The molecule has 2 aliphatic heterocycles. The van der Waals surface area contributed by atoms with Gasteiger partial charge in [0.15, 0.2) is 0 Å². The third-order valence-corrected chi connectivity index (χ3v) is 4.30. The Labute approximate surface area is 146 Å². The van der Waals surface area contributed by atoms with Crippen molar-refractivity contribution in [3.63, 3.8) is 0 Å². The number of nitrogens with one attached hydrogen (secondary N) is 1. The van der Waals surface area contributed by atoms with Crippen LogP contribution in [0.25, 0.3) is 0 Å². The molecule has 1 N–H and O–H groups in total. The molecule has 0 saturated carbocycles. The number of imide groups is 2. The van der Waals surface area contributed by atoms with E-state index in [1.54, 1.807) is 12.2 Å². The van der Waals surface area contributed by atoms with Crippen LogP contribution >= 0.6 is 0 Å². The van der Waals surface area contributed by atoms with E-state index < -0.39 is 23.8 Å². The third-order valence-electron chi connectivity index (χ3n) is 4.30. The highest BCUT2D eigenvalue weighted by Crippen LogP contribution is 2.31. The normalized spacial score (nSPS) is 27.2. The summed E-state index contributed by atoms with van der Waals surface area (Å²) in [7, 11) is 0. The second kappa shape index (κ2) is 8.37. The molecule has 0 unspecified atom stereocenters. The van der Waals surface area contributed by atoms with E-state index in [0.717, 1.165) is 0 Å². The predicted octanol–water partition coefficient (Wildman–Crippen LogP) is 1.80. The summed E-state index contributed by atoms with van der Waals surface area (Å²) in [6.45, 7) is 7.17. The summed E-state index contributed by atoms with van der Waals surface area (Å²) in [5.41, 5.74) is 0.328. The zero-order valence-electron chi connectivity index (χ0n) is 14.1. The number of rotatable bonds is 4. The Morgan fingerprint density at radius 2 is 1.80 bits per heavy atom. The van der Waals surface area contributed by atoms with Crippen LogP contribution in [0.2, 0.25) is 0 Å². The van der Waals surface area contributed by atoms with Crippen LogP contribution < -0.4 is 5.32 Å². The van der Waals surface area contributed by atoms with Crippen LogP contribution in [0, 0.1) is 5.92 Å². The van der Waals surface area contributed by atoms with Gasteiger partial charge < -0.3 is 0 Å². The second-order valence-electron chi connectivity index (χ2n) is 6.04. The Balaban J connectivity index is 2.32. The predicted molar refractivity (Wildman–Crippen MR) is 93.0 cm³/mol. The molecule has 132 valence electrons. The first-order valence-corrected chi connectivity index (χ1v) is 8.31. The van der Waals surface area contributed by atoms with Gasteiger partial charge in [-0.1, -0.05) is 50.0 Å². The first-order chi connectivity index (χ1) is 12.0. The number of carbonyl (C=O) groups excluding carboxylic acids is 4. The quantitative estimate of drug-likeness (QED) is 0.480. The van der Waals surface area contributed by atoms with Gasteiger partial charge in [0.2, 0.25) is 17.7 Å². The number of nitrogens with zero attached hydrogens (tertiary/aromatic N) is 1. The van der Waals surface area contributed by atoms with Gasteiger partial charge >= 0.3 is 0 Å². The first-order valence-electron chi connectivity index (χ1n) is 8.31. The average molecular weight is 342 g/mol. The lowest BCUT2D eigenvalue weighted by molar-refractivity contribution is -0.142. The second-order valence-corrected chi connectivity index (χ2v) is 6.04. The summed E-state index contributed by atoms with van der Waals surface area (Å²) in [4.78, 5) is 50.3. The minimum Gasteiger partial charge on any atom is -0.296 e. The molecule has 0 bridgehead atoms. The Morgan fingerprint density at radius 3 is 2.48 bits per heavy atom. The van der Waals surface area contributed by atoms with Gasteiger partial charge in [-0.05, 0) is 12.8 Å². The maximum atomic E-state index is 12.8. The van der Waals surface area contributed by atoms with E-state index in [1.807, 2.05) is 0 Å². The maximum Gasteiger partial charge on any atom is 0.257 e. The highest BCUT2D eigenvalue weighted by atomic mass is 16.2. The fourth-order valence-corrected chi connectivity index (χ4v) is 3.15. The summed E-state index contributed by atoms with van der Waals surface area (Å²) in [6.07, 6.45) is 9.73. The smallest absolute Gasteiger partial charge is 0.257 e. The number of likely N-dealkylation sites (tertiary alicyclic amines) is 1. The van der Waals surface area contributed by atoms with Crippen molar-refractivity contribution < 1.29 is 19.2 Å². The van der Waals surface area contributed by atoms with Gasteiger partial charge in [-0.2, -0.15) is 0 Å². The van der Waals surface area contributed by atoms with Crippen LogP contribution in [0.4, 0.5) is 0 Å². The van der Waals surface area contributed by atoms with Crippen molar-refractivity contribution in [1.82, 2.24) is 10.2 Å². The maximum absolute atomic E-state index is 12.8. The molecule has 4 amide bonds. The topological polar surface area (TPSA) is 83.6 Å². The lowest BCUT2D eigenvalue weighted by atomic mass is 10.0. The number of hydrogen-bond donors (Lipinski definition) is 1. The Morgan fingerprint density at radius 1 is 1.04 bits per heavy atom. The van der Waals surface area contributed by atoms with Crippen LogP contribution in [0.15, 0.2) is 49.1 Å². The average Bonchev–Trinajstić information content (AvgIpc) is 2.83. The summed E-state index contributed by atoms with van der Waals surface area (Å²) in [5, 5.41) is 2.30. The lowest BCUT2D eigenvalue weighted by Crippen LogP contribution is -2.43. The largest absolute Gasteiger partial charge is 0.296 e. The Kier molecular flexibility index (Phi) is 6.22. The van der Waals surface area contributed by atoms with E-state index in [2.05, 4.69) is 18.5 Å². The lowest BCUT2D eigenvalue weighted by Gasteiger charge is -2.25. The van der Waals surface area contributed by atoms with Gasteiger partial charge in [0.1, 0.15) is 0 Å². The zero-order chi connectivity index (χ0) is 18.4. The molecule has 2 atom stereocenters. The molecule has 6 heteroatoms. The first kappa shape index (κ1) is 18.6. The standard InChI is InChI=1S/C19H22N2O4/c1-3-5-10-15-14(8-4-2)18(24)21(19(15)25)13-9-6-7-11-16(22)20-17(23)12-13/h3-5,8,10,13,15H,1-2,6-7,9,11-12H2,(H,20,22,23)/b10-5?,14-8+/t13-,15-/m1/s1.